The fourth-order valence-electron chi connectivity index (χ4n) is 1.06. The summed E-state index contributed by atoms with van der Waals surface area (Å²) >= 11 is 0. The van der Waals surface area contributed by atoms with Crippen molar-refractivity contribution in [1.29, 1.82) is 0 Å². The number of hydrogen-bond donors (Lipinski definition) is 3. The van der Waals surface area contributed by atoms with Gasteiger partial charge in [0.2, 0.25) is 5.69 Å². The monoisotopic (exact) mass is 199 g/mol. The highest BCUT2D eigenvalue weighted by Crippen LogP contribution is 2.25. The molecule has 0 atom stereocenters. The summed E-state index contributed by atoms with van der Waals surface area (Å²) in [5.74, 6) is 0.560. The SMILES string of the molecule is COCCOc1cccc(N)c1[NH2+]O. The average Bonchev–Trinajstić information content (AvgIpc) is 2.18. The van der Waals surface area contributed by atoms with Gasteiger partial charge < -0.3 is 15.2 Å². The highest BCUT2D eigenvalue weighted by Gasteiger charge is 2.10. The van der Waals surface area contributed by atoms with Crippen molar-refractivity contribution in [1.82, 2.24) is 0 Å². The zero-order valence-corrected chi connectivity index (χ0v) is 8.06. The van der Waals surface area contributed by atoms with E-state index in [0.717, 1.165) is 5.48 Å². The quantitative estimate of drug-likeness (QED) is 0.351. The third kappa shape index (κ3) is 2.59. The Hall–Kier alpha value is -1.30. The number of nitrogen functional groups attached to an aromatic ring is 1. The van der Waals surface area contributed by atoms with Crippen LogP contribution < -0.4 is 16.0 Å². The second-order valence-electron chi connectivity index (χ2n) is 2.73. The van der Waals surface area contributed by atoms with Crippen molar-refractivity contribution in [3.8, 4) is 5.75 Å². The Balaban J connectivity index is 2.70. The Kier molecular flexibility index (Phi) is 4.18. The number of hydrogen-bond acceptors (Lipinski definition) is 4. The van der Waals surface area contributed by atoms with Gasteiger partial charge >= 0.3 is 0 Å². The molecule has 0 aromatic heterocycles. The van der Waals surface area contributed by atoms with Crippen LogP contribution in [0.4, 0.5) is 11.4 Å². The van der Waals surface area contributed by atoms with Crippen LogP contribution in [0.3, 0.4) is 0 Å². The van der Waals surface area contributed by atoms with E-state index in [1.54, 1.807) is 25.3 Å². The van der Waals surface area contributed by atoms with Crippen LogP contribution >= 0.6 is 0 Å². The van der Waals surface area contributed by atoms with Crippen LogP contribution in [0.1, 0.15) is 0 Å². The number of benzene rings is 1. The molecule has 0 heterocycles. The summed E-state index contributed by atoms with van der Waals surface area (Å²) in [6.07, 6.45) is 0. The minimum Gasteiger partial charge on any atom is -0.485 e. The van der Waals surface area contributed by atoms with Gasteiger partial charge in [0.15, 0.2) is 5.75 Å². The topological polar surface area (TPSA) is 81.3 Å². The molecular formula is C9H15N2O3+. The zero-order valence-electron chi connectivity index (χ0n) is 8.06. The van der Waals surface area contributed by atoms with Crippen molar-refractivity contribution < 1.29 is 20.2 Å². The van der Waals surface area contributed by atoms with Crippen LogP contribution in [0, 0.1) is 0 Å². The van der Waals surface area contributed by atoms with E-state index in [2.05, 4.69) is 0 Å². The normalized spacial score (nSPS) is 10.1. The molecule has 1 rings (SSSR count). The van der Waals surface area contributed by atoms with E-state index in [9.17, 15) is 0 Å². The van der Waals surface area contributed by atoms with Crippen LogP contribution in [-0.4, -0.2) is 25.5 Å². The third-order valence-corrected chi connectivity index (χ3v) is 1.77. The second kappa shape index (κ2) is 5.43. The maximum Gasteiger partial charge on any atom is 0.227 e. The lowest BCUT2D eigenvalue weighted by molar-refractivity contribution is -0.825. The number of anilines is 1. The summed E-state index contributed by atoms with van der Waals surface area (Å²) in [6, 6.07) is 5.21. The van der Waals surface area contributed by atoms with Gasteiger partial charge in [-0.1, -0.05) is 6.07 Å². The highest BCUT2D eigenvalue weighted by atomic mass is 16.5. The van der Waals surface area contributed by atoms with E-state index in [1.807, 2.05) is 0 Å². The van der Waals surface area contributed by atoms with Crippen molar-refractivity contribution in [2.24, 2.45) is 0 Å². The summed E-state index contributed by atoms with van der Waals surface area (Å²) in [5, 5.41) is 8.94. The number of para-hydroxylation sites is 1. The predicted octanol–water partition coefficient (Wildman–Crippen LogP) is -0.122. The van der Waals surface area contributed by atoms with E-state index in [4.69, 9.17) is 20.4 Å². The maximum atomic E-state index is 8.94. The van der Waals surface area contributed by atoms with Crippen LogP contribution in [0.5, 0.6) is 5.75 Å². The molecule has 0 bridgehead atoms. The Morgan fingerprint density at radius 1 is 1.43 bits per heavy atom. The number of rotatable bonds is 5. The summed E-state index contributed by atoms with van der Waals surface area (Å²) < 4.78 is 10.2. The molecule has 0 saturated heterocycles. The van der Waals surface area contributed by atoms with Crippen LogP contribution in [0.15, 0.2) is 18.2 Å². The summed E-state index contributed by atoms with van der Waals surface area (Å²) in [6.45, 7) is 0.931. The molecule has 14 heavy (non-hydrogen) atoms. The van der Waals surface area contributed by atoms with Crippen molar-refractivity contribution >= 4 is 11.4 Å². The van der Waals surface area contributed by atoms with E-state index in [1.165, 1.54) is 0 Å². The number of quaternary nitrogens is 1. The average molecular weight is 199 g/mol. The first-order valence-electron chi connectivity index (χ1n) is 4.27. The predicted molar refractivity (Wildman–Crippen MR) is 51.6 cm³/mol. The molecule has 0 spiro atoms. The van der Waals surface area contributed by atoms with Gasteiger partial charge in [-0.2, -0.15) is 5.48 Å². The molecule has 0 fully saturated rings. The minimum atomic E-state index is 0.431. The van der Waals surface area contributed by atoms with E-state index in [0.29, 0.717) is 30.3 Å². The standard InChI is InChI=1S/C9H14N2O3/c1-13-5-6-14-8-4-2-3-7(10)9(8)11-12/h2-4,11-12H,5-6,10H2,1H3/p+1. The smallest absolute Gasteiger partial charge is 0.227 e. The van der Waals surface area contributed by atoms with E-state index < -0.39 is 0 Å². The molecule has 0 radical (unpaired) electrons. The Bertz CT molecular complexity index is 291. The van der Waals surface area contributed by atoms with Gasteiger partial charge in [-0.05, 0) is 12.1 Å². The van der Waals surface area contributed by atoms with Gasteiger partial charge in [0.25, 0.3) is 0 Å². The lowest BCUT2D eigenvalue weighted by atomic mass is 10.2. The van der Waals surface area contributed by atoms with Crippen LogP contribution in [-0.2, 0) is 4.74 Å². The first kappa shape index (κ1) is 10.8. The van der Waals surface area contributed by atoms with E-state index in [-0.39, 0.29) is 0 Å². The molecule has 5 nitrogen and oxygen atoms in total. The van der Waals surface area contributed by atoms with Gasteiger partial charge in [-0.25, -0.2) is 5.21 Å². The fraction of sp³-hybridized carbons (Fsp3) is 0.333. The molecule has 0 unspecified atom stereocenters. The maximum absolute atomic E-state index is 8.94. The Labute approximate surface area is 82.4 Å². The minimum absolute atomic E-state index is 0.431. The lowest BCUT2D eigenvalue weighted by Crippen LogP contribution is -2.74. The molecule has 0 saturated carbocycles. The zero-order chi connectivity index (χ0) is 10.4. The molecule has 0 aliphatic rings. The van der Waals surface area contributed by atoms with Crippen LogP contribution in [0.25, 0.3) is 0 Å². The number of ether oxygens (including phenoxy) is 2. The van der Waals surface area contributed by atoms with Gasteiger partial charge in [-0.3, -0.25) is 0 Å². The summed E-state index contributed by atoms with van der Waals surface area (Å²) in [5.41, 5.74) is 7.57. The van der Waals surface area contributed by atoms with Crippen molar-refractivity contribution in [3.05, 3.63) is 18.2 Å². The molecular weight excluding hydrogens is 184 g/mol. The second-order valence-corrected chi connectivity index (χ2v) is 2.73. The van der Waals surface area contributed by atoms with Crippen molar-refractivity contribution in [3.63, 3.8) is 0 Å². The van der Waals surface area contributed by atoms with Crippen LogP contribution in [0.2, 0.25) is 0 Å². The summed E-state index contributed by atoms with van der Waals surface area (Å²) in [4.78, 5) is 0. The van der Waals surface area contributed by atoms with Crippen molar-refractivity contribution in [2.45, 2.75) is 0 Å². The molecule has 5 N–H and O–H groups in total. The Morgan fingerprint density at radius 3 is 2.86 bits per heavy atom. The van der Waals surface area contributed by atoms with Gasteiger partial charge in [0.1, 0.15) is 12.3 Å². The van der Waals surface area contributed by atoms with Gasteiger partial charge in [0, 0.05) is 7.11 Å². The molecule has 1 aromatic rings. The first-order valence-corrected chi connectivity index (χ1v) is 4.27. The lowest BCUT2D eigenvalue weighted by Gasteiger charge is -2.08. The first-order chi connectivity index (χ1) is 6.79. The molecule has 1 aromatic carbocycles. The highest BCUT2D eigenvalue weighted by molar-refractivity contribution is 5.64. The summed E-state index contributed by atoms with van der Waals surface area (Å²) in [7, 11) is 1.60. The molecule has 78 valence electrons. The van der Waals surface area contributed by atoms with Crippen molar-refractivity contribution in [2.75, 3.05) is 26.1 Å². The van der Waals surface area contributed by atoms with Gasteiger partial charge in [0.05, 0.1) is 6.61 Å². The van der Waals surface area contributed by atoms with E-state index >= 15 is 0 Å². The third-order valence-electron chi connectivity index (χ3n) is 1.77. The largest absolute Gasteiger partial charge is 0.485 e. The molecule has 5 heteroatoms. The number of methoxy groups -OCH3 is 1. The molecule has 0 amide bonds. The fourth-order valence-corrected chi connectivity index (χ4v) is 1.06. The molecule has 0 aliphatic heterocycles. The number of nitrogens with two attached hydrogens (primary N) is 2. The Morgan fingerprint density at radius 2 is 2.21 bits per heavy atom. The molecule has 0 aliphatic carbocycles. The van der Waals surface area contributed by atoms with Gasteiger partial charge in [-0.15, -0.1) is 0 Å².